The molecule has 0 spiro atoms. The monoisotopic (exact) mass is 500 g/mol. The molecule has 37 heavy (non-hydrogen) atoms. The highest BCUT2D eigenvalue weighted by atomic mass is 32.2. The van der Waals surface area contributed by atoms with Crippen molar-refractivity contribution >= 4 is 31.4 Å². The molecule has 178 valence electrons. The Morgan fingerprint density at radius 1 is 0.486 bits per heavy atom. The van der Waals surface area contributed by atoms with Gasteiger partial charge in [0.1, 0.15) is 0 Å². The van der Waals surface area contributed by atoms with Crippen molar-refractivity contribution in [3.8, 4) is 34.1 Å². The minimum Gasteiger partial charge on any atom is -0.449 e. The van der Waals surface area contributed by atoms with E-state index < -0.39 is 9.84 Å². The molecule has 0 bridgehead atoms. The predicted molar refractivity (Wildman–Crippen MR) is 145 cm³/mol. The maximum absolute atomic E-state index is 13.1. The standard InChI is InChI=1S/C32H20O4S/c33-37(34,24-10-2-1-3-11-24)25-16-14-21(15-17-25)28-20-31-32(27-13-7-6-12-26(27)28)36-30-19-23-9-5-4-8-22(23)18-29(30)35-31/h1-20H. The highest BCUT2D eigenvalue weighted by Crippen LogP contribution is 2.51. The van der Waals surface area contributed by atoms with Crippen LogP contribution >= 0.6 is 0 Å². The molecule has 1 aliphatic heterocycles. The van der Waals surface area contributed by atoms with Crippen LogP contribution in [0.15, 0.2) is 131 Å². The Kier molecular flexibility index (Phi) is 4.81. The highest BCUT2D eigenvalue weighted by Gasteiger charge is 2.24. The van der Waals surface area contributed by atoms with E-state index in [-0.39, 0.29) is 9.79 Å². The fourth-order valence-corrected chi connectivity index (χ4v) is 6.16. The van der Waals surface area contributed by atoms with Crippen LogP contribution in [-0.4, -0.2) is 8.42 Å². The number of ether oxygens (including phenoxy) is 2. The Hall–Kier alpha value is -4.61. The first-order chi connectivity index (χ1) is 18.1. The van der Waals surface area contributed by atoms with E-state index in [0.29, 0.717) is 23.0 Å². The molecule has 0 unspecified atom stereocenters. The summed E-state index contributed by atoms with van der Waals surface area (Å²) in [5.41, 5.74) is 1.82. The van der Waals surface area contributed by atoms with Crippen LogP contribution in [0.5, 0.6) is 23.0 Å². The van der Waals surface area contributed by atoms with Crippen molar-refractivity contribution in [2.75, 3.05) is 0 Å². The first-order valence-electron chi connectivity index (χ1n) is 11.9. The molecule has 1 aliphatic rings. The summed E-state index contributed by atoms with van der Waals surface area (Å²) in [6.07, 6.45) is 0. The Bertz CT molecular complexity index is 1930. The van der Waals surface area contributed by atoms with E-state index in [0.717, 1.165) is 32.7 Å². The second kappa shape index (κ2) is 8.22. The Morgan fingerprint density at radius 3 is 1.76 bits per heavy atom. The second-order valence-corrected chi connectivity index (χ2v) is 10.9. The van der Waals surface area contributed by atoms with Crippen molar-refractivity contribution in [3.05, 3.63) is 121 Å². The molecule has 0 fully saturated rings. The molecule has 0 atom stereocenters. The van der Waals surface area contributed by atoms with Gasteiger partial charge in [0.25, 0.3) is 0 Å². The molecule has 0 saturated heterocycles. The Balaban J connectivity index is 1.34. The SMILES string of the molecule is O=S(=O)(c1ccccc1)c1ccc(-c2cc3c(c4ccccc24)Oc2cc4ccccc4cc2O3)cc1. The summed E-state index contributed by atoms with van der Waals surface area (Å²) in [6.45, 7) is 0. The topological polar surface area (TPSA) is 52.6 Å². The molecular formula is C32H20O4S. The summed E-state index contributed by atoms with van der Waals surface area (Å²) in [6, 6.07) is 37.6. The van der Waals surface area contributed by atoms with Crippen LogP contribution in [0.2, 0.25) is 0 Å². The van der Waals surface area contributed by atoms with E-state index in [1.807, 2.05) is 72.8 Å². The molecule has 0 aromatic heterocycles. The number of benzene rings is 6. The minimum absolute atomic E-state index is 0.255. The van der Waals surface area contributed by atoms with Gasteiger partial charge in [-0.25, -0.2) is 8.42 Å². The fourth-order valence-electron chi connectivity index (χ4n) is 4.88. The number of sulfone groups is 1. The summed E-state index contributed by atoms with van der Waals surface area (Å²) in [5, 5.41) is 4.08. The summed E-state index contributed by atoms with van der Waals surface area (Å²) in [4.78, 5) is 0.531. The molecule has 0 N–H and O–H groups in total. The van der Waals surface area contributed by atoms with Crippen LogP contribution in [0.1, 0.15) is 0 Å². The maximum Gasteiger partial charge on any atom is 0.206 e. The molecule has 6 aromatic rings. The predicted octanol–water partition coefficient (Wildman–Crippen LogP) is 8.39. The van der Waals surface area contributed by atoms with E-state index in [1.165, 1.54) is 0 Å². The third-order valence-corrected chi connectivity index (χ3v) is 8.52. The van der Waals surface area contributed by atoms with Crippen molar-refractivity contribution in [2.24, 2.45) is 0 Å². The summed E-state index contributed by atoms with van der Waals surface area (Å²) < 4.78 is 38.9. The molecule has 4 nitrogen and oxygen atoms in total. The molecule has 1 heterocycles. The van der Waals surface area contributed by atoms with Gasteiger partial charge in [-0.05, 0) is 69.8 Å². The lowest BCUT2D eigenvalue weighted by Crippen LogP contribution is -2.02. The Morgan fingerprint density at radius 2 is 1.05 bits per heavy atom. The van der Waals surface area contributed by atoms with Gasteiger partial charge in [0.2, 0.25) is 9.84 Å². The zero-order valence-electron chi connectivity index (χ0n) is 19.6. The second-order valence-electron chi connectivity index (χ2n) is 8.99. The summed E-state index contributed by atoms with van der Waals surface area (Å²) in [7, 11) is -3.59. The van der Waals surface area contributed by atoms with Crippen LogP contribution in [0.3, 0.4) is 0 Å². The van der Waals surface area contributed by atoms with Gasteiger partial charge in [0.15, 0.2) is 23.0 Å². The molecule has 0 saturated carbocycles. The van der Waals surface area contributed by atoms with Crippen LogP contribution in [0, 0.1) is 0 Å². The number of hydrogen-bond acceptors (Lipinski definition) is 4. The third kappa shape index (κ3) is 3.55. The van der Waals surface area contributed by atoms with Crippen molar-refractivity contribution in [1.82, 2.24) is 0 Å². The smallest absolute Gasteiger partial charge is 0.206 e. The van der Waals surface area contributed by atoms with E-state index in [2.05, 4.69) is 6.07 Å². The highest BCUT2D eigenvalue weighted by molar-refractivity contribution is 7.91. The van der Waals surface area contributed by atoms with Crippen LogP contribution in [0.4, 0.5) is 0 Å². The largest absolute Gasteiger partial charge is 0.449 e. The molecule has 0 amide bonds. The molecule has 0 radical (unpaired) electrons. The van der Waals surface area contributed by atoms with E-state index in [1.54, 1.807) is 42.5 Å². The first kappa shape index (κ1) is 21.7. The third-order valence-electron chi connectivity index (χ3n) is 6.73. The molecule has 5 heteroatoms. The average molecular weight is 501 g/mol. The van der Waals surface area contributed by atoms with Gasteiger partial charge in [0, 0.05) is 5.39 Å². The lowest BCUT2D eigenvalue weighted by Gasteiger charge is -2.24. The van der Waals surface area contributed by atoms with Gasteiger partial charge in [0.05, 0.1) is 9.79 Å². The molecule has 7 rings (SSSR count). The van der Waals surface area contributed by atoms with E-state index >= 15 is 0 Å². The van der Waals surface area contributed by atoms with Crippen molar-refractivity contribution < 1.29 is 17.9 Å². The summed E-state index contributed by atoms with van der Waals surface area (Å²) in [5.74, 6) is 2.64. The zero-order chi connectivity index (χ0) is 25.0. The first-order valence-corrected chi connectivity index (χ1v) is 13.4. The van der Waals surface area contributed by atoms with E-state index in [4.69, 9.17) is 9.47 Å². The quantitative estimate of drug-likeness (QED) is 0.244. The van der Waals surface area contributed by atoms with Gasteiger partial charge in [-0.15, -0.1) is 0 Å². The van der Waals surface area contributed by atoms with Gasteiger partial charge in [-0.2, -0.15) is 0 Å². The Labute approximate surface area is 214 Å². The van der Waals surface area contributed by atoms with Gasteiger partial charge in [-0.1, -0.05) is 78.9 Å². The fraction of sp³-hybridized carbons (Fsp3) is 0. The van der Waals surface area contributed by atoms with Crippen LogP contribution in [0.25, 0.3) is 32.7 Å². The average Bonchev–Trinajstić information content (AvgIpc) is 2.95. The summed E-state index contributed by atoms with van der Waals surface area (Å²) >= 11 is 0. The lowest BCUT2D eigenvalue weighted by atomic mass is 9.96. The number of rotatable bonds is 3. The van der Waals surface area contributed by atoms with Gasteiger partial charge in [-0.3, -0.25) is 0 Å². The molecular weight excluding hydrogens is 480 g/mol. The minimum atomic E-state index is -3.59. The number of fused-ring (bicyclic) bond motifs is 5. The van der Waals surface area contributed by atoms with Gasteiger partial charge >= 0.3 is 0 Å². The van der Waals surface area contributed by atoms with E-state index in [9.17, 15) is 8.42 Å². The molecule has 6 aromatic carbocycles. The zero-order valence-corrected chi connectivity index (χ0v) is 20.4. The number of hydrogen-bond donors (Lipinski definition) is 0. The van der Waals surface area contributed by atoms with Crippen molar-refractivity contribution in [3.63, 3.8) is 0 Å². The van der Waals surface area contributed by atoms with Crippen LogP contribution < -0.4 is 9.47 Å². The van der Waals surface area contributed by atoms with Crippen molar-refractivity contribution in [1.29, 1.82) is 0 Å². The van der Waals surface area contributed by atoms with Gasteiger partial charge < -0.3 is 9.47 Å². The maximum atomic E-state index is 13.1. The normalized spacial score (nSPS) is 12.4. The van der Waals surface area contributed by atoms with Crippen LogP contribution in [-0.2, 0) is 9.84 Å². The lowest BCUT2D eigenvalue weighted by molar-refractivity contribution is 0.364. The van der Waals surface area contributed by atoms with Crippen molar-refractivity contribution in [2.45, 2.75) is 9.79 Å². The molecule has 0 aliphatic carbocycles.